The van der Waals surface area contributed by atoms with Gasteiger partial charge in [0, 0.05) is 18.3 Å². The maximum Gasteiger partial charge on any atom is 0.305 e. The van der Waals surface area contributed by atoms with Crippen LogP contribution in [0.5, 0.6) is 0 Å². The zero-order valence-electron chi connectivity index (χ0n) is 22.3. The van der Waals surface area contributed by atoms with Crippen molar-refractivity contribution in [3.63, 3.8) is 0 Å². The first-order chi connectivity index (χ1) is 17.2. The van der Waals surface area contributed by atoms with Gasteiger partial charge in [-0.05, 0) is 32.1 Å². The van der Waals surface area contributed by atoms with Crippen LogP contribution in [0.4, 0.5) is 0 Å². The molecule has 0 radical (unpaired) electrons. The molecule has 0 heterocycles. The van der Waals surface area contributed by atoms with Crippen molar-refractivity contribution in [1.29, 1.82) is 0 Å². The summed E-state index contributed by atoms with van der Waals surface area (Å²) in [5.41, 5.74) is 0. The van der Waals surface area contributed by atoms with Gasteiger partial charge in [0.25, 0.3) is 0 Å². The van der Waals surface area contributed by atoms with Gasteiger partial charge < -0.3 is 29.5 Å². The number of aliphatic hydroxyl groups is 3. The number of esters is 1. The quantitative estimate of drug-likeness (QED) is 0.0617. The van der Waals surface area contributed by atoms with Crippen LogP contribution in [0, 0.1) is 11.8 Å². The Morgan fingerprint density at radius 2 is 1.14 bits per heavy atom. The number of rotatable bonds is 27. The summed E-state index contributed by atoms with van der Waals surface area (Å²) in [6, 6.07) is 0. The zero-order chi connectivity index (χ0) is 25.8. The van der Waals surface area contributed by atoms with Gasteiger partial charge in [-0.2, -0.15) is 0 Å². The first-order valence-corrected chi connectivity index (χ1v) is 14.0. The van der Waals surface area contributed by atoms with E-state index < -0.39 is 0 Å². The van der Waals surface area contributed by atoms with Crippen LogP contribution in [0.1, 0.15) is 103 Å². The highest BCUT2D eigenvalue weighted by atomic mass is 16.7. The third-order valence-corrected chi connectivity index (χ3v) is 6.02. The standard InChI is InChI=1S/C28H54O7/c1-2-3-4-5-6-7-8-9-10-11-12-13-14-15-16-17-18-28(32)35-24-27(21-31)23-34-25-33-22-26(19-29)20-30/h10-11,26-27,29-31H,2-9,12-25H2,1H3/b11-10+/t27-/m1/s1. The minimum atomic E-state index is -0.324. The number of unbranched alkanes of at least 4 members (excludes halogenated alkanes) is 12. The molecular formula is C28H54O7. The van der Waals surface area contributed by atoms with Gasteiger partial charge in [0.05, 0.1) is 39.6 Å². The monoisotopic (exact) mass is 502 g/mol. The van der Waals surface area contributed by atoms with Crippen molar-refractivity contribution in [1.82, 2.24) is 0 Å². The Balaban J connectivity index is 3.49. The molecule has 0 fully saturated rings. The lowest BCUT2D eigenvalue weighted by atomic mass is 10.1. The lowest BCUT2D eigenvalue weighted by Crippen LogP contribution is -2.24. The number of hydrogen-bond acceptors (Lipinski definition) is 7. The van der Waals surface area contributed by atoms with E-state index in [0.717, 1.165) is 25.7 Å². The molecule has 0 bridgehead atoms. The van der Waals surface area contributed by atoms with Crippen LogP contribution >= 0.6 is 0 Å². The topological polar surface area (TPSA) is 105 Å². The van der Waals surface area contributed by atoms with Crippen molar-refractivity contribution in [2.75, 3.05) is 46.4 Å². The van der Waals surface area contributed by atoms with Crippen LogP contribution in [-0.4, -0.2) is 67.7 Å². The van der Waals surface area contributed by atoms with Crippen LogP contribution in [0.2, 0.25) is 0 Å². The molecule has 0 rings (SSSR count). The summed E-state index contributed by atoms with van der Waals surface area (Å²) in [5, 5.41) is 27.3. The van der Waals surface area contributed by atoms with Gasteiger partial charge in [-0.25, -0.2) is 0 Å². The Labute approximate surface area is 214 Å². The van der Waals surface area contributed by atoms with Crippen LogP contribution < -0.4 is 0 Å². The SMILES string of the molecule is CCCCCCCCC/C=C/CCCCCCCC(=O)OC[C@H](CO)COCOCC(CO)CO. The molecule has 0 saturated carbocycles. The van der Waals surface area contributed by atoms with E-state index in [0.29, 0.717) is 6.42 Å². The predicted octanol–water partition coefficient (Wildman–Crippen LogP) is 5.16. The Hall–Kier alpha value is -0.990. The molecule has 0 unspecified atom stereocenters. The van der Waals surface area contributed by atoms with Gasteiger partial charge in [-0.15, -0.1) is 0 Å². The lowest BCUT2D eigenvalue weighted by Gasteiger charge is -2.16. The highest BCUT2D eigenvalue weighted by molar-refractivity contribution is 5.69. The van der Waals surface area contributed by atoms with Crippen LogP contribution in [-0.2, 0) is 19.0 Å². The third kappa shape index (κ3) is 24.5. The van der Waals surface area contributed by atoms with E-state index in [1.807, 2.05) is 0 Å². The molecule has 0 aromatic rings. The van der Waals surface area contributed by atoms with Gasteiger partial charge in [-0.3, -0.25) is 4.79 Å². The molecule has 0 aliphatic heterocycles. The second-order valence-corrected chi connectivity index (χ2v) is 9.51. The summed E-state index contributed by atoms with van der Waals surface area (Å²) in [6.07, 6.45) is 22.4. The third-order valence-electron chi connectivity index (χ3n) is 6.02. The molecule has 0 spiro atoms. The molecule has 1 atom stereocenters. The minimum absolute atomic E-state index is 0.00404. The molecular weight excluding hydrogens is 448 g/mol. The average Bonchev–Trinajstić information content (AvgIpc) is 2.87. The average molecular weight is 503 g/mol. The summed E-state index contributed by atoms with van der Waals surface area (Å²) < 4.78 is 15.8. The number of hydrogen-bond donors (Lipinski definition) is 3. The summed E-state index contributed by atoms with van der Waals surface area (Å²) in [5.74, 6) is -0.857. The lowest BCUT2D eigenvalue weighted by molar-refractivity contribution is -0.147. The van der Waals surface area contributed by atoms with E-state index in [4.69, 9.17) is 24.4 Å². The Morgan fingerprint density at radius 1 is 0.657 bits per heavy atom. The number of aliphatic hydroxyl groups excluding tert-OH is 3. The molecule has 3 N–H and O–H groups in total. The van der Waals surface area contributed by atoms with Gasteiger partial charge in [0.1, 0.15) is 6.79 Å². The molecule has 0 saturated heterocycles. The number of carbonyl (C=O) groups is 1. The second-order valence-electron chi connectivity index (χ2n) is 9.51. The first kappa shape index (κ1) is 34.0. The predicted molar refractivity (Wildman–Crippen MR) is 140 cm³/mol. The Kier molecular flexibility index (Phi) is 26.8. The summed E-state index contributed by atoms with van der Waals surface area (Å²) in [7, 11) is 0. The molecule has 208 valence electrons. The highest BCUT2D eigenvalue weighted by Crippen LogP contribution is 2.11. The smallest absolute Gasteiger partial charge is 0.305 e. The van der Waals surface area contributed by atoms with Crippen LogP contribution in [0.15, 0.2) is 12.2 Å². The van der Waals surface area contributed by atoms with Gasteiger partial charge in [-0.1, -0.05) is 76.9 Å². The minimum Gasteiger partial charge on any atom is -0.465 e. The largest absolute Gasteiger partial charge is 0.465 e. The normalized spacial score (nSPS) is 12.6. The van der Waals surface area contributed by atoms with Crippen molar-refractivity contribution in [3.05, 3.63) is 12.2 Å². The molecule has 7 heteroatoms. The fourth-order valence-corrected chi connectivity index (χ4v) is 3.60. The van der Waals surface area contributed by atoms with Crippen molar-refractivity contribution >= 4 is 5.97 Å². The maximum atomic E-state index is 11.9. The molecule has 0 aliphatic carbocycles. The van der Waals surface area contributed by atoms with Crippen LogP contribution in [0.25, 0.3) is 0 Å². The maximum absolute atomic E-state index is 11.9. The molecule has 0 aromatic heterocycles. The molecule has 35 heavy (non-hydrogen) atoms. The summed E-state index contributed by atoms with van der Waals surface area (Å²) in [4.78, 5) is 11.9. The number of allylic oxidation sites excluding steroid dienone is 2. The molecule has 0 aliphatic rings. The van der Waals surface area contributed by atoms with Crippen LogP contribution in [0.3, 0.4) is 0 Å². The summed E-state index contributed by atoms with van der Waals surface area (Å²) in [6.45, 7) is 2.34. The fourth-order valence-electron chi connectivity index (χ4n) is 3.60. The first-order valence-electron chi connectivity index (χ1n) is 14.0. The van der Waals surface area contributed by atoms with Crippen molar-refractivity contribution < 1.29 is 34.3 Å². The second kappa shape index (κ2) is 27.6. The highest BCUT2D eigenvalue weighted by Gasteiger charge is 2.12. The van der Waals surface area contributed by atoms with E-state index in [1.54, 1.807) is 0 Å². The number of ether oxygens (including phenoxy) is 3. The van der Waals surface area contributed by atoms with Gasteiger partial charge in [0.15, 0.2) is 0 Å². The van der Waals surface area contributed by atoms with E-state index in [9.17, 15) is 9.90 Å². The van der Waals surface area contributed by atoms with E-state index in [2.05, 4.69) is 19.1 Å². The van der Waals surface area contributed by atoms with E-state index in [-0.39, 0.29) is 64.2 Å². The van der Waals surface area contributed by atoms with Gasteiger partial charge in [0.2, 0.25) is 0 Å². The molecule has 7 nitrogen and oxygen atoms in total. The Morgan fingerprint density at radius 3 is 1.69 bits per heavy atom. The van der Waals surface area contributed by atoms with E-state index in [1.165, 1.54) is 64.2 Å². The number of carbonyl (C=O) groups excluding carboxylic acids is 1. The molecule has 0 amide bonds. The van der Waals surface area contributed by atoms with Gasteiger partial charge >= 0.3 is 5.97 Å². The Bertz CT molecular complexity index is 466. The van der Waals surface area contributed by atoms with E-state index >= 15 is 0 Å². The summed E-state index contributed by atoms with van der Waals surface area (Å²) >= 11 is 0. The van der Waals surface area contributed by atoms with Crippen molar-refractivity contribution in [2.24, 2.45) is 11.8 Å². The van der Waals surface area contributed by atoms with Crippen molar-refractivity contribution in [3.8, 4) is 0 Å². The van der Waals surface area contributed by atoms with Crippen molar-refractivity contribution in [2.45, 2.75) is 103 Å². The fraction of sp³-hybridized carbons (Fsp3) is 0.893. The zero-order valence-corrected chi connectivity index (χ0v) is 22.3. The molecule has 0 aromatic carbocycles.